The molecule has 128 valence electrons. The summed E-state index contributed by atoms with van der Waals surface area (Å²) in [5.41, 5.74) is -0.740. The van der Waals surface area contributed by atoms with Gasteiger partial charge in [-0.3, -0.25) is 9.59 Å². The maximum atomic E-state index is 12.5. The van der Waals surface area contributed by atoms with E-state index >= 15 is 0 Å². The molecule has 2 aromatic heterocycles. The molecule has 0 fully saturated rings. The first-order valence-corrected chi connectivity index (χ1v) is 7.82. The largest absolute Gasteiger partial charge is 0.461 e. The Labute approximate surface area is 142 Å². The smallest absolute Gasteiger partial charge is 0.416 e. The lowest BCUT2D eigenvalue weighted by molar-refractivity contribution is -0.137. The quantitative estimate of drug-likeness (QED) is 0.726. The Morgan fingerprint density at radius 1 is 1.16 bits per heavy atom. The lowest BCUT2D eigenvalue weighted by Crippen LogP contribution is -2.20. The number of benzene rings is 1. The summed E-state index contributed by atoms with van der Waals surface area (Å²) in [5, 5.41) is 0. The number of rotatable bonds is 3. The van der Waals surface area contributed by atoms with Gasteiger partial charge in [-0.25, -0.2) is 0 Å². The maximum Gasteiger partial charge on any atom is 0.416 e. The van der Waals surface area contributed by atoms with E-state index in [1.165, 1.54) is 36.6 Å². The van der Waals surface area contributed by atoms with Gasteiger partial charge in [-0.2, -0.15) is 13.2 Å². The minimum Gasteiger partial charge on any atom is -0.461 e. The van der Waals surface area contributed by atoms with Gasteiger partial charge in [0, 0.05) is 6.08 Å². The van der Waals surface area contributed by atoms with Crippen LogP contribution in [0.25, 0.3) is 12.2 Å². The third-order valence-corrected chi connectivity index (χ3v) is 4.21. The number of alkyl halides is 3. The summed E-state index contributed by atoms with van der Waals surface area (Å²) in [4.78, 5) is 26.4. The molecule has 0 saturated carbocycles. The highest BCUT2D eigenvalue weighted by atomic mass is 32.1. The van der Waals surface area contributed by atoms with Crippen molar-refractivity contribution in [3.05, 3.63) is 79.1 Å². The van der Waals surface area contributed by atoms with Crippen LogP contribution in [-0.2, 0) is 6.18 Å². The zero-order chi connectivity index (χ0) is 18.0. The van der Waals surface area contributed by atoms with Crippen LogP contribution >= 0.6 is 11.3 Å². The fourth-order valence-electron chi connectivity index (χ4n) is 2.05. The molecular weight excluding hydrogens is 355 g/mol. The molecule has 3 aromatic rings. The number of carbonyl (C=O) groups is 1. The number of hydrogen-bond donors (Lipinski definition) is 1. The normalized spacial score (nSPS) is 13.4. The molecule has 25 heavy (non-hydrogen) atoms. The third kappa shape index (κ3) is 3.97. The average Bonchev–Trinajstić information content (AvgIpc) is 3.18. The fraction of sp³-hybridized carbons (Fsp3) is 0.0588. The Morgan fingerprint density at radius 2 is 1.88 bits per heavy atom. The van der Waals surface area contributed by atoms with Gasteiger partial charge in [-0.05, 0) is 35.9 Å². The van der Waals surface area contributed by atoms with Crippen LogP contribution in [0, 0.1) is 0 Å². The minimum absolute atomic E-state index is 0.141. The van der Waals surface area contributed by atoms with Crippen molar-refractivity contribution < 1.29 is 22.4 Å². The molecule has 3 rings (SSSR count). The van der Waals surface area contributed by atoms with E-state index < -0.39 is 23.1 Å². The van der Waals surface area contributed by atoms with Crippen molar-refractivity contribution in [3.63, 3.8) is 0 Å². The molecule has 0 spiro atoms. The fourth-order valence-corrected chi connectivity index (χ4v) is 2.94. The summed E-state index contributed by atoms with van der Waals surface area (Å²) >= 11 is 1.03. The van der Waals surface area contributed by atoms with Gasteiger partial charge in [0.15, 0.2) is 5.76 Å². The highest BCUT2D eigenvalue weighted by molar-refractivity contribution is 7.07. The van der Waals surface area contributed by atoms with Gasteiger partial charge in [0.2, 0.25) is 5.78 Å². The van der Waals surface area contributed by atoms with E-state index in [9.17, 15) is 22.8 Å². The molecule has 0 unspecified atom stereocenters. The number of nitrogens with one attached hydrogen (secondary N) is 1. The van der Waals surface area contributed by atoms with Crippen molar-refractivity contribution >= 4 is 29.3 Å². The number of aromatic nitrogens is 1. The molecule has 0 amide bonds. The Hall–Kier alpha value is -2.87. The van der Waals surface area contributed by atoms with E-state index in [1.54, 1.807) is 6.07 Å². The second-order valence-electron chi connectivity index (χ2n) is 5.03. The molecule has 0 atom stereocenters. The monoisotopic (exact) mass is 365 g/mol. The Morgan fingerprint density at radius 3 is 2.48 bits per heavy atom. The van der Waals surface area contributed by atoms with Crippen molar-refractivity contribution in [1.29, 1.82) is 0 Å². The van der Waals surface area contributed by atoms with Gasteiger partial charge in [0.25, 0.3) is 5.56 Å². The molecule has 0 aliphatic heterocycles. The second kappa shape index (κ2) is 6.56. The summed E-state index contributed by atoms with van der Waals surface area (Å²) in [6, 6.07) is 7.52. The summed E-state index contributed by atoms with van der Waals surface area (Å²) < 4.78 is 43.2. The highest BCUT2D eigenvalue weighted by Gasteiger charge is 2.29. The minimum atomic E-state index is -4.41. The van der Waals surface area contributed by atoms with Crippen LogP contribution < -0.4 is 14.8 Å². The van der Waals surface area contributed by atoms with Crippen LogP contribution in [0.4, 0.5) is 13.2 Å². The number of Topliss-reactive ketones (excluding diaryl/α,β-unsaturated/α-hetero) is 1. The van der Waals surface area contributed by atoms with Gasteiger partial charge >= 0.3 is 6.18 Å². The Balaban J connectivity index is 1.94. The van der Waals surface area contributed by atoms with Crippen molar-refractivity contribution in [2.45, 2.75) is 6.18 Å². The van der Waals surface area contributed by atoms with Gasteiger partial charge in [-0.15, -0.1) is 11.3 Å². The van der Waals surface area contributed by atoms with Crippen molar-refractivity contribution in [1.82, 2.24) is 4.98 Å². The molecule has 0 aliphatic carbocycles. The van der Waals surface area contributed by atoms with E-state index in [-0.39, 0.29) is 10.3 Å². The zero-order valence-electron chi connectivity index (χ0n) is 12.5. The van der Waals surface area contributed by atoms with Crippen molar-refractivity contribution in [3.8, 4) is 0 Å². The molecule has 2 heterocycles. The number of halogens is 3. The van der Waals surface area contributed by atoms with Crippen LogP contribution in [0.3, 0.4) is 0 Å². The van der Waals surface area contributed by atoms with E-state index in [0.717, 1.165) is 23.5 Å². The van der Waals surface area contributed by atoms with E-state index in [0.29, 0.717) is 10.2 Å². The molecule has 4 nitrogen and oxygen atoms in total. The highest BCUT2D eigenvalue weighted by Crippen LogP contribution is 2.29. The predicted molar refractivity (Wildman–Crippen MR) is 86.7 cm³/mol. The second-order valence-corrected chi connectivity index (χ2v) is 6.12. The third-order valence-electron chi connectivity index (χ3n) is 3.24. The summed E-state index contributed by atoms with van der Waals surface area (Å²) in [7, 11) is 0. The van der Waals surface area contributed by atoms with Crippen LogP contribution in [0.5, 0.6) is 0 Å². The standard InChI is InChI=1S/C17H10F3NO3S/c18-17(19,20)11-5-3-10(4-6-11)8-14-16(23)21-15(25-14)9-12(22)13-2-1-7-24-13/h1-9H,(H,21,23)/b14-8-,15-9-. The predicted octanol–water partition coefficient (Wildman–Crippen LogP) is 2.54. The molecule has 0 saturated heterocycles. The van der Waals surface area contributed by atoms with E-state index in [2.05, 4.69) is 4.98 Å². The number of aromatic amines is 1. The van der Waals surface area contributed by atoms with Gasteiger partial charge in [0.1, 0.15) is 0 Å². The zero-order valence-corrected chi connectivity index (χ0v) is 13.3. The molecule has 8 heteroatoms. The van der Waals surface area contributed by atoms with E-state index in [4.69, 9.17) is 4.42 Å². The molecular formula is C17H10F3NO3S. The lowest BCUT2D eigenvalue weighted by atomic mass is 10.1. The van der Waals surface area contributed by atoms with Gasteiger partial charge < -0.3 is 9.40 Å². The number of carbonyl (C=O) groups excluding carboxylic acids is 1. The van der Waals surface area contributed by atoms with Crippen LogP contribution in [-0.4, -0.2) is 10.8 Å². The average molecular weight is 365 g/mol. The van der Waals surface area contributed by atoms with E-state index in [1.807, 2.05) is 0 Å². The van der Waals surface area contributed by atoms with Crippen molar-refractivity contribution in [2.24, 2.45) is 0 Å². The maximum absolute atomic E-state index is 12.5. The Kier molecular flexibility index (Phi) is 4.45. The number of H-pyrrole nitrogens is 1. The number of thiazole rings is 1. The van der Waals surface area contributed by atoms with Crippen LogP contribution in [0.1, 0.15) is 21.7 Å². The SMILES string of the molecule is O=C(/C=c1/[nH]c(=O)/c(=C/c2ccc(C(F)(F)F)cc2)s1)c1ccco1. The number of ketones is 1. The van der Waals surface area contributed by atoms with Gasteiger partial charge in [-0.1, -0.05) is 12.1 Å². The molecule has 0 radical (unpaired) electrons. The number of furan rings is 1. The Bertz CT molecular complexity index is 1060. The summed E-state index contributed by atoms with van der Waals surface area (Å²) in [6.45, 7) is 0. The van der Waals surface area contributed by atoms with Crippen molar-refractivity contribution in [2.75, 3.05) is 0 Å². The molecule has 1 N–H and O–H groups in total. The molecule has 0 bridgehead atoms. The van der Waals surface area contributed by atoms with Crippen LogP contribution in [0.15, 0.2) is 51.9 Å². The molecule has 1 aromatic carbocycles. The molecule has 0 aliphatic rings. The topological polar surface area (TPSA) is 63.1 Å². The summed E-state index contributed by atoms with van der Waals surface area (Å²) in [6.07, 6.45) is -0.358. The van der Waals surface area contributed by atoms with Gasteiger partial charge in [0.05, 0.1) is 21.0 Å². The first-order chi connectivity index (χ1) is 11.8. The summed E-state index contributed by atoms with van der Waals surface area (Å²) in [5.74, 6) is -0.258. The lowest BCUT2D eigenvalue weighted by Gasteiger charge is -2.05. The number of hydrogen-bond acceptors (Lipinski definition) is 4. The first kappa shape index (κ1) is 17.0. The van der Waals surface area contributed by atoms with Crippen LogP contribution in [0.2, 0.25) is 0 Å². The first-order valence-electron chi connectivity index (χ1n) is 7.00.